The predicted molar refractivity (Wildman–Crippen MR) is 139 cm³/mol. The number of likely N-dealkylation sites (N-methyl/N-ethyl adjacent to an activating group) is 1. The van der Waals surface area contributed by atoms with Gasteiger partial charge in [-0.3, -0.25) is 13.9 Å². The Morgan fingerprint density at radius 2 is 1.74 bits per heavy atom. The highest BCUT2D eigenvalue weighted by molar-refractivity contribution is 7.92. The molecule has 0 fully saturated rings. The molecule has 0 spiro atoms. The average molecular weight is 504 g/mol. The smallest absolute Gasteiger partial charge is 0.242 e. The van der Waals surface area contributed by atoms with Crippen LogP contribution in [0.3, 0.4) is 0 Å². The van der Waals surface area contributed by atoms with E-state index in [-0.39, 0.29) is 31.3 Å². The van der Waals surface area contributed by atoms with Gasteiger partial charge in [0.2, 0.25) is 21.8 Å². The number of hydrogen-bond acceptors (Lipinski definition) is 5. The first-order valence-electron chi connectivity index (χ1n) is 11.7. The Balaban J connectivity index is 2.23. The fraction of sp³-hybridized carbons (Fsp3) is 0.462. The summed E-state index contributed by atoms with van der Waals surface area (Å²) in [5.41, 5.74) is 3.35. The van der Waals surface area contributed by atoms with E-state index in [1.165, 1.54) is 10.6 Å². The van der Waals surface area contributed by atoms with Gasteiger partial charge in [-0.2, -0.15) is 0 Å². The maximum atomic E-state index is 13.3. The van der Waals surface area contributed by atoms with Crippen molar-refractivity contribution in [3.8, 4) is 5.75 Å². The molecule has 2 aromatic carbocycles. The van der Waals surface area contributed by atoms with Gasteiger partial charge in [0.05, 0.1) is 19.1 Å². The number of nitrogens with one attached hydrogen (secondary N) is 1. The summed E-state index contributed by atoms with van der Waals surface area (Å²) in [6.07, 6.45) is 2.04. The van der Waals surface area contributed by atoms with Gasteiger partial charge in [-0.05, 0) is 67.6 Å². The van der Waals surface area contributed by atoms with Gasteiger partial charge in [0.15, 0.2) is 0 Å². The number of hydrogen-bond donors (Lipinski definition) is 1. The zero-order valence-corrected chi connectivity index (χ0v) is 22.3. The second-order valence-corrected chi connectivity index (χ2v) is 10.6. The third kappa shape index (κ3) is 7.99. The van der Waals surface area contributed by atoms with Crippen molar-refractivity contribution in [2.45, 2.75) is 52.6 Å². The molecular weight excluding hydrogens is 466 g/mol. The van der Waals surface area contributed by atoms with Gasteiger partial charge in [-0.15, -0.1) is 0 Å². The summed E-state index contributed by atoms with van der Waals surface area (Å²) in [6.45, 7) is 6.10. The summed E-state index contributed by atoms with van der Waals surface area (Å²) in [5.74, 6) is 0.217. The molecular formula is C26H37N3O5S. The van der Waals surface area contributed by atoms with Gasteiger partial charge in [-0.25, -0.2) is 8.42 Å². The molecule has 2 amide bonds. The van der Waals surface area contributed by atoms with Gasteiger partial charge >= 0.3 is 0 Å². The quantitative estimate of drug-likeness (QED) is 0.479. The highest BCUT2D eigenvalue weighted by Crippen LogP contribution is 2.23. The lowest BCUT2D eigenvalue weighted by atomic mass is 10.1. The number of ether oxygens (including phenoxy) is 1. The molecule has 9 heteroatoms. The molecule has 0 aromatic heterocycles. The van der Waals surface area contributed by atoms with Crippen LogP contribution in [0.4, 0.5) is 5.69 Å². The van der Waals surface area contributed by atoms with E-state index in [1.54, 1.807) is 19.1 Å². The normalized spacial score (nSPS) is 12.1. The molecule has 1 N–H and O–H groups in total. The van der Waals surface area contributed by atoms with E-state index in [0.29, 0.717) is 24.3 Å². The third-order valence-corrected chi connectivity index (χ3v) is 6.96. The van der Waals surface area contributed by atoms with Gasteiger partial charge in [0.1, 0.15) is 11.8 Å². The molecule has 0 aliphatic carbocycles. The van der Waals surface area contributed by atoms with Crippen molar-refractivity contribution in [3.05, 3.63) is 59.2 Å². The van der Waals surface area contributed by atoms with E-state index in [0.717, 1.165) is 16.7 Å². The Bertz CT molecular complexity index is 1110. The zero-order valence-electron chi connectivity index (χ0n) is 21.5. The summed E-state index contributed by atoms with van der Waals surface area (Å²) >= 11 is 0. The Kier molecular flexibility index (Phi) is 10.1. The van der Waals surface area contributed by atoms with Crippen LogP contribution in [0.1, 0.15) is 42.9 Å². The van der Waals surface area contributed by atoms with Crippen molar-refractivity contribution < 1.29 is 22.7 Å². The number of benzene rings is 2. The van der Waals surface area contributed by atoms with Gasteiger partial charge < -0.3 is 15.0 Å². The maximum Gasteiger partial charge on any atom is 0.242 e. The van der Waals surface area contributed by atoms with Crippen molar-refractivity contribution >= 4 is 27.5 Å². The van der Waals surface area contributed by atoms with Crippen molar-refractivity contribution in [1.29, 1.82) is 0 Å². The van der Waals surface area contributed by atoms with E-state index < -0.39 is 16.1 Å². The monoisotopic (exact) mass is 503 g/mol. The molecule has 0 aliphatic heterocycles. The minimum Gasteiger partial charge on any atom is -0.497 e. The number of sulfonamides is 1. The second kappa shape index (κ2) is 12.6. The number of carbonyl (C=O) groups excluding carboxylic acids is 2. The van der Waals surface area contributed by atoms with Crippen LogP contribution < -0.4 is 14.4 Å². The van der Waals surface area contributed by atoms with Crippen LogP contribution in [0.5, 0.6) is 5.75 Å². The van der Waals surface area contributed by atoms with Crippen molar-refractivity contribution in [2.75, 3.05) is 31.3 Å². The van der Waals surface area contributed by atoms with Gasteiger partial charge in [0.25, 0.3) is 0 Å². The predicted octanol–water partition coefficient (Wildman–Crippen LogP) is 3.41. The number of nitrogens with zero attached hydrogens (tertiary/aromatic N) is 2. The Labute approximate surface area is 209 Å². The third-order valence-electron chi connectivity index (χ3n) is 5.77. The lowest BCUT2D eigenvalue weighted by Gasteiger charge is -2.31. The number of carbonyl (C=O) groups is 2. The Hall–Kier alpha value is -3.07. The minimum atomic E-state index is -3.53. The summed E-state index contributed by atoms with van der Waals surface area (Å²) in [4.78, 5) is 27.5. The molecule has 0 radical (unpaired) electrons. The van der Waals surface area contributed by atoms with Crippen molar-refractivity contribution in [2.24, 2.45) is 0 Å². The largest absolute Gasteiger partial charge is 0.497 e. The standard InChI is InChI=1S/C26H37N3O5S/c1-7-24(26(31)27-4)28(18-21-10-8-11-23(17-21)34-5)25(30)12-9-13-29(35(6,32)33)22-15-19(2)14-20(3)16-22/h8,10-11,14-17,24H,7,9,12-13,18H2,1-6H3,(H,27,31). The maximum absolute atomic E-state index is 13.3. The molecule has 0 saturated heterocycles. The summed E-state index contributed by atoms with van der Waals surface area (Å²) in [7, 11) is -0.411. The van der Waals surface area contributed by atoms with Crippen molar-refractivity contribution in [1.82, 2.24) is 10.2 Å². The average Bonchev–Trinajstić information content (AvgIpc) is 2.79. The van der Waals surface area contributed by atoms with Crippen LogP contribution in [0.25, 0.3) is 0 Å². The molecule has 8 nitrogen and oxygen atoms in total. The van der Waals surface area contributed by atoms with Crippen molar-refractivity contribution in [3.63, 3.8) is 0 Å². The van der Waals surface area contributed by atoms with Crippen LogP contribution >= 0.6 is 0 Å². The number of rotatable bonds is 12. The van der Waals surface area contributed by atoms with E-state index in [9.17, 15) is 18.0 Å². The van der Waals surface area contributed by atoms with Crippen LogP contribution in [-0.2, 0) is 26.2 Å². The van der Waals surface area contributed by atoms with E-state index in [4.69, 9.17) is 4.74 Å². The minimum absolute atomic E-state index is 0.105. The van der Waals surface area contributed by atoms with Crippen LogP contribution in [0.15, 0.2) is 42.5 Å². The fourth-order valence-electron chi connectivity index (χ4n) is 4.15. The molecule has 0 saturated carbocycles. The molecule has 0 bridgehead atoms. The highest BCUT2D eigenvalue weighted by atomic mass is 32.2. The number of methoxy groups -OCH3 is 1. The van der Waals surface area contributed by atoms with E-state index in [2.05, 4.69) is 5.32 Å². The topological polar surface area (TPSA) is 96.0 Å². The van der Waals surface area contributed by atoms with E-state index >= 15 is 0 Å². The van der Waals surface area contributed by atoms with Crippen LogP contribution in [0, 0.1) is 13.8 Å². The zero-order chi connectivity index (χ0) is 26.2. The van der Waals surface area contributed by atoms with E-state index in [1.807, 2.05) is 63.2 Å². The molecule has 0 heterocycles. The molecule has 1 unspecified atom stereocenters. The summed E-state index contributed by atoms with van der Waals surface area (Å²) in [5, 5.41) is 2.64. The number of amides is 2. The first-order chi connectivity index (χ1) is 16.5. The molecule has 35 heavy (non-hydrogen) atoms. The Morgan fingerprint density at radius 3 is 2.29 bits per heavy atom. The number of aryl methyl sites for hydroxylation is 2. The number of anilines is 1. The molecule has 0 aliphatic rings. The highest BCUT2D eigenvalue weighted by Gasteiger charge is 2.28. The Morgan fingerprint density at radius 1 is 1.09 bits per heavy atom. The molecule has 1 atom stereocenters. The van der Waals surface area contributed by atoms with Gasteiger partial charge in [0, 0.05) is 26.6 Å². The lowest BCUT2D eigenvalue weighted by Crippen LogP contribution is -2.48. The summed E-state index contributed by atoms with van der Waals surface area (Å²) in [6, 6.07) is 12.4. The first-order valence-corrected chi connectivity index (χ1v) is 13.5. The second-order valence-electron chi connectivity index (χ2n) is 8.70. The SMILES string of the molecule is CCC(C(=O)NC)N(Cc1cccc(OC)c1)C(=O)CCCN(c1cc(C)cc(C)c1)S(C)(=O)=O. The molecule has 2 aromatic rings. The molecule has 2 rings (SSSR count). The van der Waals surface area contributed by atoms with Crippen LogP contribution in [0.2, 0.25) is 0 Å². The first kappa shape index (κ1) is 28.2. The summed E-state index contributed by atoms with van der Waals surface area (Å²) < 4.78 is 31.7. The molecule has 192 valence electrons. The van der Waals surface area contributed by atoms with Gasteiger partial charge in [-0.1, -0.05) is 25.1 Å². The van der Waals surface area contributed by atoms with Crippen LogP contribution in [-0.4, -0.2) is 58.1 Å². The lowest BCUT2D eigenvalue weighted by molar-refractivity contribution is -0.141. The fourth-order valence-corrected chi connectivity index (χ4v) is 5.10.